The van der Waals surface area contributed by atoms with Gasteiger partial charge in [-0.15, -0.1) is 0 Å². The number of carboxylic acids is 1. The average molecular weight is 206 g/mol. The largest absolute Gasteiger partial charge is 0.475 e. The second kappa shape index (κ2) is 4.36. The number of hydrogen-bond donors (Lipinski definition) is 2. The van der Waals surface area contributed by atoms with E-state index in [9.17, 15) is 9.59 Å². The van der Waals surface area contributed by atoms with Crippen LogP contribution in [0.2, 0.25) is 0 Å². The lowest BCUT2D eigenvalue weighted by molar-refractivity contribution is -0.129. The summed E-state index contributed by atoms with van der Waals surface area (Å²) >= 11 is 0. The van der Waals surface area contributed by atoms with E-state index < -0.39 is 11.8 Å². The second-order valence-corrected chi connectivity index (χ2v) is 2.88. The zero-order chi connectivity index (χ0) is 11.4. The number of nitrogens with two attached hydrogens (primary N) is 1. The molecule has 0 atom stereocenters. The molecule has 0 aromatic heterocycles. The van der Waals surface area contributed by atoms with Gasteiger partial charge in [-0.3, -0.25) is 4.79 Å². The number of amidine groups is 1. The number of benzene rings is 1. The summed E-state index contributed by atoms with van der Waals surface area (Å²) in [6, 6.07) is 6.43. The highest BCUT2D eigenvalue weighted by atomic mass is 16.4. The molecule has 78 valence electrons. The molecule has 0 bridgehead atoms. The predicted octanol–water partition coefficient (Wildman–Crippen LogP) is 0.963. The van der Waals surface area contributed by atoms with Gasteiger partial charge in [0.1, 0.15) is 0 Å². The summed E-state index contributed by atoms with van der Waals surface area (Å²) in [6.45, 7) is 1.38. The van der Waals surface area contributed by atoms with Gasteiger partial charge in [0.05, 0.1) is 5.69 Å². The van der Waals surface area contributed by atoms with Gasteiger partial charge in [0.15, 0.2) is 5.78 Å². The Labute approximate surface area is 86.2 Å². The summed E-state index contributed by atoms with van der Waals surface area (Å²) in [6.07, 6.45) is 0. The zero-order valence-corrected chi connectivity index (χ0v) is 8.10. The molecule has 3 N–H and O–H groups in total. The maximum atomic E-state index is 11.2. The molecule has 0 saturated heterocycles. The Kier molecular flexibility index (Phi) is 3.17. The number of aliphatic imine (C=N–C) groups is 1. The number of carbonyl (C=O) groups excluding carboxylic acids is 1. The summed E-state index contributed by atoms with van der Waals surface area (Å²) in [5, 5.41) is 8.53. The van der Waals surface area contributed by atoms with Crippen LogP contribution in [0.4, 0.5) is 5.69 Å². The van der Waals surface area contributed by atoms with E-state index in [-0.39, 0.29) is 11.5 Å². The first-order valence-corrected chi connectivity index (χ1v) is 4.20. The van der Waals surface area contributed by atoms with Crippen molar-refractivity contribution in [3.8, 4) is 0 Å². The van der Waals surface area contributed by atoms with Crippen LogP contribution in [-0.2, 0) is 4.79 Å². The molecule has 0 saturated carbocycles. The Morgan fingerprint density at radius 2 is 1.93 bits per heavy atom. The molecule has 0 unspecified atom stereocenters. The minimum absolute atomic E-state index is 0.187. The Bertz CT molecular complexity index is 438. The molecule has 0 heterocycles. The molecule has 15 heavy (non-hydrogen) atoms. The van der Waals surface area contributed by atoms with E-state index in [0.29, 0.717) is 5.56 Å². The molecule has 0 aliphatic heterocycles. The van der Waals surface area contributed by atoms with Crippen molar-refractivity contribution >= 4 is 23.3 Å². The quantitative estimate of drug-likeness (QED) is 0.428. The third kappa shape index (κ3) is 2.63. The number of para-hydroxylation sites is 1. The number of nitrogens with zero attached hydrogens (tertiary/aromatic N) is 1. The normalized spacial score (nSPS) is 11.1. The van der Waals surface area contributed by atoms with Gasteiger partial charge in [-0.2, -0.15) is 0 Å². The standard InChI is InChI=1S/C10H10N2O3/c1-6(13)7-4-2-3-5-8(7)12-9(11)10(14)15/h2-5H,1H3,(H2,11,12)(H,14,15). The maximum absolute atomic E-state index is 11.2. The number of rotatable bonds is 2. The topological polar surface area (TPSA) is 92.8 Å². The smallest absolute Gasteiger partial charge is 0.371 e. The summed E-state index contributed by atoms with van der Waals surface area (Å²) in [5.74, 6) is -2.04. The minimum Gasteiger partial charge on any atom is -0.475 e. The predicted molar refractivity (Wildman–Crippen MR) is 55.4 cm³/mol. The highest BCUT2D eigenvalue weighted by Crippen LogP contribution is 2.18. The fraction of sp³-hybridized carbons (Fsp3) is 0.100. The van der Waals surface area contributed by atoms with Gasteiger partial charge < -0.3 is 10.8 Å². The molecular weight excluding hydrogens is 196 g/mol. The molecule has 0 spiro atoms. The Morgan fingerprint density at radius 1 is 1.33 bits per heavy atom. The first-order valence-electron chi connectivity index (χ1n) is 4.20. The van der Waals surface area contributed by atoms with Gasteiger partial charge in [0, 0.05) is 5.56 Å². The third-order valence-electron chi connectivity index (χ3n) is 1.74. The van der Waals surface area contributed by atoms with Crippen LogP contribution in [0.3, 0.4) is 0 Å². The highest BCUT2D eigenvalue weighted by molar-refractivity contribution is 6.34. The monoisotopic (exact) mass is 206 g/mol. The Hall–Kier alpha value is -2.17. The second-order valence-electron chi connectivity index (χ2n) is 2.88. The summed E-state index contributed by atoms with van der Waals surface area (Å²) in [5.41, 5.74) is 5.77. The molecule has 5 nitrogen and oxygen atoms in total. The number of aliphatic carboxylic acids is 1. The van der Waals surface area contributed by atoms with E-state index >= 15 is 0 Å². The molecule has 0 aliphatic carbocycles. The van der Waals surface area contributed by atoms with Crippen molar-refractivity contribution in [2.24, 2.45) is 10.7 Å². The van der Waals surface area contributed by atoms with Gasteiger partial charge >= 0.3 is 5.97 Å². The average Bonchev–Trinajstić information content (AvgIpc) is 2.18. The first kappa shape index (κ1) is 10.9. The van der Waals surface area contributed by atoms with E-state index in [4.69, 9.17) is 10.8 Å². The lowest BCUT2D eigenvalue weighted by Crippen LogP contribution is -2.22. The van der Waals surface area contributed by atoms with Crippen LogP contribution >= 0.6 is 0 Å². The van der Waals surface area contributed by atoms with Gasteiger partial charge in [-0.05, 0) is 19.1 Å². The van der Waals surface area contributed by atoms with Gasteiger partial charge in [-0.1, -0.05) is 12.1 Å². The number of ketones is 1. The van der Waals surface area contributed by atoms with Crippen LogP contribution in [0.5, 0.6) is 0 Å². The van der Waals surface area contributed by atoms with Crippen molar-refractivity contribution in [3.63, 3.8) is 0 Å². The van der Waals surface area contributed by atoms with E-state index in [0.717, 1.165) is 0 Å². The summed E-state index contributed by atoms with van der Waals surface area (Å²) in [4.78, 5) is 25.3. The number of carboxylic acid groups (broad SMARTS) is 1. The van der Waals surface area contributed by atoms with Crippen LogP contribution < -0.4 is 5.73 Å². The van der Waals surface area contributed by atoms with Crippen molar-refractivity contribution in [2.45, 2.75) is 6.92 Å². The van der Waals surface area contributed by atoms with Crippen molar-refractivity contribution in [1.82, 2.24) is 0 Å². The van der Waals surface area contributed by atoms with Gasteiger partial charge in [-0.25, -0.2) is 9.79 Å². The molecule has 1 rings (SSSR count). The number of carbonyl (C=O) groups is 2. The fourth-order valence-corrected chi connectivity index (χ4v) is 1.05. The van der Waals surface area contributed by atoms with Crippen LogP contribution in [0.1, 0.15) is 17.3 Å². The fourth-order valence-electron chi connectivity index (χ4n) is 1.05. The Balaban J connectivity index is 3.20. The van der Waals surface area contributed by atoms with Crippen molar-refractivity contribution in [3.05, 3.63) is 29.8 Å². The van der Waals surface area contributed by atoms with Crippen LogP contribution in [-0.4, -0.2) is 22.7 Å². The van der Waals surface area contributed by atoms with Crippen LogP contribution in [0.25, 0.3) is 0 Å². The number of Topliss-reactive ketones (excluding diaryl/α,β-unsaturated/α-hetero) is 1. The number of hydrogen-bond acceptors (Lipinski definition) is 3. The maximum Gasteiger partial charge on any atom is 0.371 e. The minimum atomic E-state index is -1.31. The molecule has 1 aromatic rings. The Morgan fingerprint density at radius 3 is 2.47 bits per heavy atom. The molecule has 1 aromatic carbocycles. The van der Waals surface area contributed by atoms with Crippen molar-refractivity contribution in [2.75, 3.05) is 0 Å². The van der Waals surface area contributed by atoms with E-state index in [1.807, 2.05) is 0 Å². The lowest BCUT2D eigenvalue weighted by atomic mass is 10.1. The highest BCUT2D eigenvalue weighted by Gasteiger charge is 2.08. The first-order chi connectivity index (χ1) is 7.02. The van der Waals surface area contributed by atoms with E-state index in [2.05, 4.69) is 4.99 Å². The summed E-state index contributed by atoms with van der Waals surface area (Å²) < 4.78 is 0. The van der Waals surface area contributed by atoms with E-state index in [1.54, 1.807) is 18.2 Å². The molecule has 0 aliphatic rings. The zero-order valence-electron chi connectivity index (χ0n) is 8.10. The van der Waals surface area contributed by atoms with Crippen molar-refractivity contribution in [1.29, 1.82) is 0 Å². The van der Waals surface area contributed by atoms with Crippen LogP contribution in [0.15, 0.2) is 29.3 Å². The van der Waals surface area contributed by atoms with Gasteiger partial charge in [0.25, 0.3) is 0 Å². The molecular formula is C10H10N2O3. The molecule has 5 heteroatoms. The van der Waals surface area contributed by atoms with E-state index in [1.165, 1.54) is 13.0 Å². The summed E-state index contributed by atoms with van der Waals surface area (Å²) in [7, 11) is 0. The third-order valence-corrected chi connectivity index (χ3v) is 1.74. The molecule has 0 radical (unpaired) electrons. The SMILES string of the molecule is CC(=O)c1ccccc1N=C(N)C(=O)O. The van der Waals surface area contributed by atoms with Crippen molar-refractivity contribution < 1.29 is 14.7 Å². The molecule has 0 fully saturated rings. The van der Waals surface area contributed by atoms with Gasteiger partial charge in [0.2, 0.25) is 5.84 Å². The molecule has 0 amide bonds. The van der Waals surface area contributed by atoms with Crippen LogP contribution in [0, 0.1) is 0 Å². The lowest BCUT2D eigenvalue weighted by Gasteiger charge is -2.01.